The first-order valence-corrected chi connectivity index (χ1v) is 8.22. The van der Waals surface area contributed by atoms with Gasteiger partial charge in [0, 0.05) is 0 Å². The minimum absolute atomic E-state index is 0. The van der Waals surface area contributed by atoms with E-state index in [-0.39, 0.29) is 75.1 Å². The van der Waals surface area contributed by atoms with Gasteiger partial charge in [-0.05, 0) is 13.0 Å². The second-order valence-corrected chi connectivity index (χ2v) is 5.68. The van der Waals surface area contributed by atoms with Crippen molar-refractivity contribution in [2.45, 2.75) is 71.1 Å². The Hall–Kier alpha value is 0.900. The molecule has 5 nitrogen and oxygen atoms in total. The van der Waals surface area contributed by atoms with Gasteiger partial charge in [0.05, 0.1) is 13.1 Å². The average Bonchev–Trinajstić information content (AvgIpc) is 2.39. The molecule has 0 fully saturated rings. The molecular weight excluding hydrogens is 316 g/mol. The van der Waals surface area contributed by atoms with Crippen molar-refractivity contribution in [2.75, 3.05) is 19.6 Å². The van der Waals surface area contributed by atoms with Crippen LogP contribution in [-0.4, -0.2) is 46.7 Å². The number of hydrogen-bond donors (Lipinski definition) is 2. The van der Waals surface area contributed by atoms with Crippen molar-refractivity contribution in [3.63, 3.8) is 0 Å². The molecule has 0 aliphatic carbocycles. The van der Waals surface area contributed by atoms with Gasteiger partial charge in [-0.25, -0.2) is 0 Å². The van der Waals surface area contributed by atoms with Gasteiger partial charge in [0.25, 0.3) is 0 Å². The summed E-state index contributed by atoms with van der Waals surface area (Å²) in [5.74, 6) is -1.94. The van der Waals surface area contributed by atoms with Crippen LogP contribution in [0, 0.1) is 0 Å². The summed E-state index contributed by atoms with van der Waals surface area (Å²) in [6.07, 6.45) is 12.2. The number of carbonyl (C=O) groups is 2. The summed E-state index contributed by atoms with van der Waals surface area (Å²) in [5.41, 5.74) is 0. The summed E-state index contributed by atoms with van der Waals surface area (Å²) in [5, 5.41) is 17.4. The first-order chi connectivity index (χ1) is 10.1. The molecule has 0 aromatic carbocycles. The fourth-order valence-electron chi connectivity index (χ4n) is 2.42. The van der Waals surface area contributed by atoms with E-state index in [0.717, 1.165) is 19.3 Å². The Morgan fingerprint density at radius 1 is 0.739 bits per heavy atom. The number of rotatable bonds is 15. The number of carboxylic acids is 2. The van der Waals surface area contributed by atoms with Crippen molar-refractivity contribution in [3.8, 4) is 0 Å². The van der Waals surface area contributed by atoms with E-state index in [4.69, 9.17) is 10.2 Å². The van der Waals surface area contributed by atoms with Crippen molar-refractivity contribution in [1.82, 2.24) is 4.90 Å². The predicted octanol–water partition coefficient (Wildman–Crippen LogP) is -2.39. The standard InChI is InChI=1S/C16H31NO4.2Na.2H/c1-2-3-4-5-6-7-8-9-10-11-12-17(13-15(18)19)14-16(20)21;;;;/h2-14H2,1H3,(H,18,19)(H,20,21);;;;/q;2*+1;2*-1. The molecular formula is C16H33NNa2O4. The predicted molar refractivity (Wildman–Crippen MR) is 85.8 cm³/mol. The van der Waals surface area contributed by atoms with Crippen LogP contribution < -0.4 is 59.1 Å². The van der Waals surface area contributed by atoms with Crippen LogP contribution >= 0.6 is 0 Å². The fourth-order valence-corrected chi connectivity index (χ4v) is 2.42. The summed E-state index contributed by atoms with van der Waals surface area (Å²) >= 11 is 0. The number of unbranched alkanes of at least 4 members (excludes halogenated alkanes) is 9. The zero-order chi connectivity index (χ0) is 15.9. The normalized spacial score (nSPS) is 10.0. The van der Waals surface area contributed by atoms with Crippen molar-refractivity contribution >= 4 is 11.9 Å². The Labute approximate surface area is 188 Å². The first kappa shape index (κ1) is 28.7. The maximum atomic E-state index is 10.6. The monoisotopic (exact) mass is 349 g/mol. The van der Waals surface area contributed by atoms with E-state index in [9.17, 15) is 9.59 Å². The smallest absolute Gasteiger partial charge is 1.00 e. The third kappa shape index (κ3) is 22.9. The largest absolute Gasteiger partial charge is 1.00 e. The summed E-state index contributed by atoms with van der Waals surface area (Å²) in [4.78, 5) is 22.8. The van der Waals surface area contributed by atoms with E-state index in [1.54, 1.807) is 0 Å². The van der Waals surface area contributed by atoms with Gasteiger partial charge in [-0.15, -0.1) is 0 Å². The van der Waals surface area contributed by atoms with Gasteiger partial charge < -0.3 is 13.1 Å². The van der Waals surface area contributed by atoms with E-state index >= 15 is 0 Å². The molecule has 23 heavy (non-hydrogen) atoms. The minimum atomic E-state index is -0.969. The average molecular weight is 349 g/mol. The van der Waals surface area contributed by atoms with Gasteiger partial charge in [0.1, 0.15) is 0 Å². The summed E-state index contributed by atoms with van der Waals surface area (Å²) in [6, 6.07) is 0. The molecule has 0 radical (unpaired) electrons. The van der Waals surface area contributed by atoms with E-state index in [2.05, 4.69) is 6.92 Å². The van der Waals surface area contributed by atoms with E-state index in [1.807, 2.05) is 0 Å². The molecule has 128 valence electrons. The molecule has 0 saturated carbocycles. The quantitative estimate of drug-likeness (QED) is 0.255. The van der Waals surface area contributed by atoms with E-state index in [0.29, 0.717) is 6.54 Å². The topological polar surface area (TPSA) is 77.8 Å². The molecule has 0 aliphatic heterocycles. The summed E-state index contributed by atoms with van der Waals surface area (Å²) < 4.78 is 0. The summed E-state index contributed by atoms with van der Waals surface area (Å²) in [6.45, 7) is 2.39. The second-order valence-electron chi connectivity index (χ2n) is 5.68. The Morgan fingerprint density at radius 2 is 1.09 bits per heavy atom. The molecule has 0 rings (SSSR count). The van der Waals surface area contributed by atoms with Crippen LogP contribution in [0.3, 0.4) is 0 Å². The van der Waals surface area contributed by atoms with Gasteiger partial charge in [0.2, 0.25) is 0 Å². The van der Waals surface area contributed by atoms with Crippen LogP contribution in [0.15, 0.2) is 0 Å². The molecule has 0 unspecified atom stereocenters. The van der Waals surface area contributed by atoms with Crippen LogP contribution in [0.5, 0.6) is 0 Å². The van der Waals surface area contributed by atoms with Crippen molar-refractivity contribution in [1.29, 1.82) is 0 Å². The summed E-state index contributed by atoms with van der Waals surface area (Å²) in [7, 11) is 0. The fraction of sp³-hybridized carbons (Fsp3) is 0.875. The van der Waals surface area contributed by atoms with E-state index < -0.39 is 11.9 Å². The molecule has 0 aromatic heterocycles. The van der Waals surface area contributed by atoms with Crippen LogP contribution in [-0.2, 0) is 9.59 Å². The zero-order valence-electron chi connectivity index (χ0n) is 17.4. The molecule has 0 aliphatic rings. The minimum Gasteiger partial charge on any atom is -1.00 e. The molecule has 0 amide bonds. The molecule has 0 aromatic rings. The number of aliphatic carboxylic acids is 2. The van der Waals surface area contributed by atoms with Crippen molar-refractivity contribution < 1.29 is 81.8 Å². The van der Waals surface area contributed by atoms with Gasteiger partial charge >= 0.3 is 71.1 Å². The zero-order valence-corrected chi connectivity index (χ0v) is 19.4. The van der Waals surface area contributed by atoms with Gasteiger partial charge in [-0.3, -0.25) is 14.5 Å². The number of hydrogen-bond acceptors (Lipinski definition) is 3. The third-order valence-electron chi connectivity index (χ3n) is 3.55. The van der Waals surface area contributed by atoms with Crippen LogP contribution in [0.1, 0.15) is 74.0 Å². The first-order valence-electron chi connectivity index (χ1n) is 8.22. The SMILES string of the molecule is CCCCCCCCCCCCN(CC(=O)O)CC(=O)O.[H-].[H-].[Na+].[Na+]. The Bertz CT molecular complexity index is 285. The van der Waals surface area contributed by atoms with Gasteiger partial charge in [0.15, 0.2) is 0 Å². The van der Waals surface area contributed by atoms with Crippen LogP contribution in [0.2, 0.25) is 0 Å². The molecule has 2 N–H and O–H groups in total. The Morgan fingerprint density at radius 3 is 1.43 bits per heavy atom. The van der Waals surface area contributed by atoms with Crippen molar-refractivity contribution in [3.05, 3.63) is 0 Å². The van der Waals surface area contributed by atoms with Gasteiger partial charge in [-0.2, -0.15) is 0 Å². The maximum absolute atomic E-state index is 10.6. The molecule has 0 saturated heterocycles. The molecule has 0 bridgehead atoms. The van der Waals surface area contributed by atoms with E-state index in [1.165, 1.54) is 49.8 Å². The Balaban J connectivity index is -0.000000333. The second kappa shape index (κ2) is 20.9. The van der Waals surface area contributed by atoms with Crippen LogP contribution in [0.25, 0.3) is 0 Å². The molecule has 0 heterocycles. The number of nitrogens with zero attached hydrogens (tertiary/aromatic N) is 1. The molecule has 0 atom stereocenters. The maximum Gasteiger partial charge on any atom is 1.00 e. The molecule has 7 heteroatoms. The number of carboxylic acid groups (broad SMARTS) is 2. The Kier molecular flexibility index (Phi) is 26.1. The molecule has 0 spiro atoms. The third-order valence-corrected chi connectivity index (χ3v) is 3.55. The van der Waals surface area contributed by atoms with Gasteiger partial charge in [-0.1, -0.05) is 64.7 Å². The van der Waals surface area contributed by atoms with Crippen LogP contribution in [0.4, 0.5) is 0 Å². The van der Waals surface area contributed by atoms with Crippen molar-refractivity contribution in [2.24, 2.45) is 0 Å².